The van der Waals surface area contributed by atoms with E-state index >= 15 is 0 Å². The van der Waals surface area contributed by atoms with E-state index in [2.05, 4.69) is 0 Å². The van der Waals surface area contributed by atoms with Gasteiger partial charge in [-0.1, -0.05) is 0 Å². The van der Waals surface area contributed by atoms with Crippen LogP contribution in [-0.4, -0.2) is 18.4 Å². The quantitative estimate of drug-likeness (QED) is 0.587. The highest BCUT2D eigenvalue weighted by Crippen LogP contribution is 2.29. The van der Waals surface area contributed by atoms with Gasteiger partial charge in [0.1, 0.15) is 5.92 Å². The summed E-state index contributed by atoms with van der Waals surface area (Å²) in [5.74, 6) is -1.86. The second kappa shape index (κ2) is 4.04. The van der Waals surface area contributed by atoms with Crippen LogP contribution in [0.2, 0.25) is 0 Å². The van der Waals surface area contributed by atoms with Gasteiger partial charge in [-0.15, -0.1) is 0 Å². The van der Waals surface area contributed by atoms with Gasteiger partial charge < -0.3 is 4.74 Å². The van der Waals surface area contributed by atoms with Crippen molar-refractivity contribution in [1.82, 2.24) is 0 Å². The van der Waals surface area contributed by atoms with E-state index in [1.807, 2.05) is 6.07 Å². The molecule has 4 nitrogen and oxygen atoms in total. The van der Waals surface area contributed by atoms with Crippen LogP contribution in [0.15, 0.2) is 0 Å². The number of carbonyl (C=O) groups is 2. The van der Waals surface area contributed by atoms with Crippen LogP contribution in [0.25, 0.3) is 0 Å². The number of ketones is 1. The van der Waals surface area contributed by atoms with Gasteiger partial charge in [0.25, 0.3) is 0 Å². The number of nitrogens with zero attached hydrogens (tertiary/aromatic N) is 1. The first-order valence-corrected chi connectivity index (χ1v) is 4.29. The molecule has 0 radical (unpaired) electrons. The lowest BCUT2D eigenvalue weighted by Gasteiger charge is -2.09. The fourth-order valence-corrected chi connectivity index (χ4v) is 1.51. The summed E-state index contributed by atoms with van der Waals surface area (Å²) in [6, 6.07) is 1.85. The molecule has 1 saturated carbocycles. The van der Waals surface area contributed by atoms with Crippen LogP contribution in [0.3, 0.4) is 0 Å². The maximum absolute atomic E-state index is 11.2. The lowest BCUT2D eigenvalue weighted by molar-refractivity contribution is -0.149. The standard InChI is InChI=1S/C9H11NO3/c1-2-13-9(12)6-3-4-8(11)7(6)5-10/h6-7H,2-4H2,1H3/t6-,7-/m0/s1. The van der Waals surface area contributed by atoms with E-state index in [4.69, 9.17) is 10.00 Å². The number of nitriles is 1. The summed E-state index contributed by atoms with van der Waals surface area (Å²) in [6.07, 6.45) is 0.775. The molecule has 0 aliphatic heterocycles. The van der Waals surface area contributed by atoms with Gasteiger partial charge in [0.05, 0.1) is 18.6 Å². The Bertz CT molecular complexity index is 267. The van der Waals surface area contributed by atoms with Crippen molar-refractivity contribution in [3.63, 3.8) is 0 Å². The van der Waals surface area contributed by atoms with Crippen LogP contribution in [0, 0.1) is 23.2 Å². The summed E-state index contributed by atoms with van der Waals surface area (Å²) < 4.78 is 4.76. The van der Waals surface area contributed by atoms with Gasteiger partial charge >= 0.3 is 5.97 Å². The van der Waals surface area contributed by atoms with Crippen LogP contribution in [0.5, 0.6) is 0 Å². The van der Waals surface area contributed by atoms with Crippen LogP contribution in [-0.2, 0) is 14.3 Å². The summed E-state index contributed by atoms with van der Waals surface area (Å²) in [5.41, 5.74) is 0. The molecule has 0 aromatic rings. The topological polar surface area (TPSA) is 67.2 Å². The largest absolute Gasteiger partial charge is 0.466 e. The smallest absolute Gasteiger partial charge is 0.310 e. The summed E-state index contributed by atoms with van der Waals surface area (Å²) in [5, 5.41) is 8.65. The first kappa shape index (κ1) is 9.72. The third-order valence-electron chi connectivity index (χ3n) is 2.18. The molecule has 0 bridgehead atoms. The summed E-state index contributed by atoms with van der Waals surface area (Å²) in [6.45, 7) is 2.00. The summed E-state index contributed by atoms with van der Waals surface area (Å²) >= 11 is 0. The fraction of sp³-hybridized carbons (Fsp3) is 0.667. The molecule has 13 heavy (non-hydrogen) atoms. The molecule has 70 valence electrons. The molecule has 1 aliphatic rings. The predicted molar refractivity (Wildman–Crippen MR) is 43.5 cm³/mol. The number of carbonyl (C=O) groups excluding carboxylic acids is 2. The third kappa shape index (κ3) is 1.86. The van der Waals surface area contributed by atoms with E-state index < -0.39 is 17.8 Å². The molecule has 0 saturated heterocycles. The maximum atomic E-state index is 11.2. The highest BCUT2D eigenvalue weighted by atomic mass is 16.5. The van der Waals surface area contributed by atoms with Gasteiger partial charge in [0.15, 0.2) is 5.78 Å². The van der Waals surface area contributed by atoms with Crippen molar-refractivity contribution in [2.45, 2.75) is 19.8 Å². The highest BCUT2D eigenvalue weighted by Gasteiger charge is 2.40. The number of hydrogen-bond donors (Lipinski definition) is 0. The second-order valence-corrected chi connectivity index (χ2v) is 2.97. The predicted octanol–water partition coefficient (Wildman–Crippen LogP) is 0.668. The molecule has 4 heteroatoms. The van der Waals surface area contributed by atoms with E-state index in [1.165, 1.54) is 0 Å². The molecule has 1 rings (SSSR count). The maximum Gasteiger partial charge on any atom is 0.310 e. The minimum Gasteiger partial charge on any atom is -0.466 e. The van der Waals surface area contributed by atoms with Gasteiger partial charge in [-0.2, -0.15) is 5.26 Å². The average molecular weight is 181 g/mol. The molecule has 1 fully saturated rings. The Morgan fingerprint density at radius 3 is 3.00 bits per heavy atom. The molecule has 0 unspecified atom stereocenters. The molecule has 0 heterocycles. The first-order valence-electron chi connectivity index (χ1n) is 4.29. The SMILES string of the molecule is CCOC(=O)[C@H]1CCC(=O)[C@H]1C#N. The van der Waals surface area contributed by atoms with Crippen molar-refractivity contribution in [3.8, 4) is 6.07 Å². The molecular formula is C9H11NO3. The van der Waals surface area contributed by atoms with Gasteiger partial charge in [0.2, 0.25) is 0 Å². The van der Waals surface area contributed by atoms with E-state index in [0.717, 1.165) is 0 Å². The van der Waals surface area contributed by atoms with Crippen LogP contribution >= 0.6 is 0 Å². The zero-order valence-electron chi connectivity index (χ0n) is 7.45. The Hall–Kier alpha value is -1.37. The number of ether oxygens (including phenoxy) is 1. The third-order valence-corrected chi connectivity index (χ3v) is 2.18. The zero-order chi connectivity index (χ0) is 9.84. The second-order valence-electron chi connectivity index (χ2n) is 2.97. The van der Waals surface area contributed by atoms with Crippen LogP contribution < -0.4 is 0 Å². The van der Waals surface area contributed by atoms with Gasteiger partial charge in [0, 0.05) is 6.42 Å². The lowest BCUT2D eigenvalue weighted by Crippen LogP contribution is -2.23. The molecule has 1 aliphatic carbocycles. The van der Waals surface area contributed by atoms with Crippen molar-refractivity contribution in [3.05, 3.63) is 0 Å². The molecule has 0 N–H and O–H groups in total. The van der Waals surface area contributed by atoms with E-state index in [0.29, 0.717) is 19.4 Å². The minimum absolute atomic E-state index is 0.138. The first-order chi connectivity index (χ1) is 6.20. The highest BCUT2D eigenvalue weighted by molar-refractivity contribution is 5.92. The summed E-state index contributed by atoms with van der Waals surface area (Å²) in [4.78, 5) is 22.3. The van der Waals surface area contributed by atoms with Crippen molar-refractivity contribution in [2.24, 2.45) is 11.8 Å². The number of hydrogen-bond acceptors (Lipinski definition) is 4. The Kier molecular flexibility index (Phi) is 3.02. The van der Waals surface area contributed by atoms with E-state index in [-0.39, 0.29) is 5.78 Å². The van der Waals surface area contributed by atoms with Crippen molar-refractivity contribution in [2.75, 3.05) is 6.61 Å². The zero-order valence-corrected chi connectivity index (χ0v) is 7.45. The van der Waals surface area contributed by atoms with Crippen molar-refractivity contribution < 1.29 is 14.3 Å². The van der Waals surface area contributed by atoms with Crippen molar-refractivity contribution in [1.29, 1.82) is 5.26 Å². The van der Waals surface area contributed by atoms with Crippen LogP contribution in [0.1, 0.15) is 19.8 Å². The molecule has 0 amide bonds. The average Bonchev–Trinajstić information content (AvgIpc) is 2.47. The molecular weight excluding hydrogens is 170 g/mol. The minimum atomic E-state index is -0.779. The van der Waals surface area contributed by atoms with E-state index in [9.17, 15) is 9.59 Å². The Morgan fingerprint density at radius 1 is 1.77 bits per heavy atom. The van der Waals surface area contributed by atoms with Gasteiger partial charge in [-0.3, -0.25) is 9.59 Å². The Morgan fingerprint density at radius 2 is 2.46 bits per heavy atom. The van der Waals surface area contributed by atoms with Crippen LogP contribution in [0.4, 0.5) is 0 Å². The van der Waals surface area contributed by atoms with E-state index in [1.54, 1.807) is 6.92 Å². The Labute approximate surface area is 76.5 Å². The Balaban J connectivity index is 2.66. The normalized spacial score (nSPS) is 26.9. The molecule has 0 spiro atoms. The number of esters is 1. The van der Waals surface area contributed by atoms with Gasteiger partial charge in [-0.05, 0) is 13.3 Å². The molecule has 0 aromatic carbocycles. The molecule has 0 aromatic heterocycles. The monoisotopic (exact) mass is 181 g/mol. The van der Waals surface area contributed by atoms with Crippen molar-refractivity contribution >= 4 is 11.8 Å². The number of Topliss-reactive ketones (excluding diaryl/α,β-unsaturated/α-hetero) is 1. The fourth-order valence-electron chi connectivity index (χ4n) is 1.51. The molecule has 2 atom stereocenters. The van der Waals surface area contributed by atoms with Gasteiger partial charge in [-0.25, -0.2) is 0 Å². The number of rotatable bonds is 2. The lowest BCUT2D eigenvalue weighted by atomic mass is 9.97. The summed E-state index contributed by atoms with van der Waals surface area (Å²) in [7, 11) is 0.